The van der Waals surface area contributed by atoms with Gasteiger partial charge in [-0.15, -0.1) is 0 Å². The van der Waals surface area contributed by atoms with Gasteiger partial charge in [-0.25, -0.2) is 0 Å². The van der Waals surface area contributed by atoms with Crippen LogP contribution in [0.5, 0.6) is 5.75 Å². The number of nitro groups is 1. The molecule has 0 aliphatic heterocycles. The van der Waals surface area contributed by atoms with E-state index in [1.54, 1.807) is 19.6 Å². The number of nitro benzene ring substituents is 1. The summed E-state index contributed by atoms with van der Waals surface area (Å²) in [6.07, 6.45) is -4.81. The van der Waals surface area contributed by atoms with Crippen LogP contribution < -0.4 is 5.19 Å². The molecule has 8 heteroatoms. The lowest BCUT2D eigenvalue weighted by Gasteiger charge is -2.20. The minimum atomic E-state index is -4.81. The largest absolute Gasteiger partial charge is 0.508 e. The lowest BCUT2D eigenvalue weighted by atomic mass is 10.1. The second-order valence-corrected chi connectivity index (χ2v) is 9.93. The zero-order valence-corrected chi connectivity index (χ0v) is 11.0. The Kier molecular flexibility index (Phi) is 3.44. The number of phenols is 1. The molecule has 1 aromatic carbocycles. The van der Waals surface area contributed by atoms with E-state index < -0.39 is 36.2 Å². The van der Waals surface area contributed by atoms with E-state index in [4.69, 9.17) is 0 Å². The Balaban J connectivity index is 3.62. The molecule has 18 heavy (non-hydrogen) atoms. The summed E-state index contributed by atoms with van der Waals surface area (Å²) in [5.41, 5.74) is -2.44. The summed E-state index contributed by atoms with van der Waals surface area (Å²) in [7, 11) is -2.22. The van der Waals surface area contributed by atoms with E-state index in [1.807, 2.05) is 0 Å². The molecule has 0 aliphatic carbocycles. The molecule has 0 atom stereocenters. The van der Waals surface area contributed by atoms with Crippen LogP contribution in [0, 0.1) is 10.1 Å². The Morgan fingerprint density at radius 2 is 1.78 bits per heavy atom. The van der Waals surface area contributed by atoms with Crippen molar-refractivity contribution in [3.05, 3.63) is 27.8 Å². The molecule has 0 aliphatic rings. The summed E-state index contributed by atoms with van der Waals surface area (Å²) in [6.45, 7) is 5.23. The van der Waals surface area contributed by atoms with Gasteiger partial charge in [-0.3, -0.25) is 10.1 Å². The highest BCUT2D eigenvalue weighted by Gasteiger charge is 2.40. The van der Waals surface area contributed by atoms with Gasteiger partial charge in [-0.05, 0) is 11.3 Å². The van der Waals surface area contributed by atoms with Crippen LogP contribution in [-0.4, -0.2) is 18.1 Å². The highest BCUT2D eigenvalue weighted by atomic mass is 28.3. The van der Waals surface area contributed by atoms with E-state index >= 15 is 0 Å². The van der Waals surface area contributed by atoms with Gasteiger partial charge in [0, 0.05) is 0 Å². The van der Waals surface area contributed by atoms with E-state index in [0.717, 1.165) is 0 Å². The third kappa shape index (κ3) is 2.81. The predicted octanol–water partition coefficient (Wildman–Crippen LogP) is 2.86. The predicted molar refractivity (Wildman–Crippen MR) is 62.7 cm³/mol. The van der Waals surface area contributed by atoms with Crippen molar-refractivity contribution >= 4 is 18.9 Å². The van der Waals surface area contributed by atoms with Crippen LogP contribution >= 0.6 is 0 Å². The van der Waals surface area contributed by atoms with Crippen molar-refractivity contribution in [2.45, 2.75) is 25.8 Å². The van der Waals surface area contributed by atoms with Gasteiger partial charge < -0.3 is 5.11 Å². The van der Waals surface area contributed by atoms with Crippen LogP contribution in [-0.2, 0) is 6.18 Å². The summed E-state index contributed by atoms with van der Waals surface area (Å²) < 4.78 is 38.2. The highest BCUT2D eigenvalue weighted by Crippen LogP contribution is 2.37. The van der Waals surface area contributed by atoms with Gasteiger partial charge >= 0.3 is 6.18 Å². The fourth-order valence-electron chi connectivity index (χ4n) is 1.56. The van der Waals surface area contributed by atoms with E-state index in [2.05, 4.69) is 0 Å². The zero-order valence-electron chi connectivity index (χ0n) is 10.00. The standard InChI is InChI=1S/C10H12F3NO3Si/c1-18(2,3)9-4-6(10(11,12)13)7(14(16)17)5-8(9)15/h4-5,15H,1-3H3. The summed E-state index contributed by atoms with van der Waals surface area (Å²) >= 11 is 0. The normalized spacial score (nSPS) is 12.6. The quantitative estimate of drug-likeness (QED) is 0.514. The Labute approximate surface area is 102 Å². The van der Waals surface area contributed by atoms with Gasteiger partial charge in [0.15, 0.2) is 0 Å². The van der Waals surface area contributed by atoms with Crippen molar-refractivity contribution in [2.75, 3.05) is 0 Å². The SMILES string of the molecule is C[Si](C)(C)c1cc(C(F)(F)F)c([N+](=O)[O-])cc1O. The fourth-order valence-corrected chi connectivity index (χ4v) is 2.97. The minimum absolute atomic E-state index is 0.153. The molecule has 0 radical (unpaired) electrons. The van der Waals surface area contributed by atoms with Crippen molar-refractivity contribution < 1.29 is 23.2 Å². The molecule has 1 rings (SSSR count). The summed E-state index contributed by atoms with van der Waals surface area (Å²) in [5, 5.41) is 20.4. The Morgan fingerprint density at radius 3 is 2.11 bits per heavy atom. The van der Waals surface area contributed by atoms with Gasteiger partial charge in [0.1, 0.15) is 11.3 Å². The first-order valence-electron chi connectivity index (χ1n) is 5.03. The van der Waals surface area contributed by atoms with E-state index in [0.29, 0.717) is 12.1 Å². The number of rotatable bonds is 2. The van der Waals surface area contributed by atoms with E-state index in [-0.39, 0.29) is 5.19 Å². The van der Waals surface area contributed by atoms with E-state index in [1.165, 1.54) is 0 Å². The van der Waals surface area contributed by atoms with Crippen LogP contribution in [0.3, 0.4) is 0 Å². The molecule has 0 unspecified atom stereocenters. The van der Waals surface area contributed by atoms with Crippen LogP contribution in [0.2, 0.25) is 19.6 Å². The minimum Gasteiger partial charge on any atom is -0.508 e. The molecular weight excluding hydrogens is 267 g/mol. The van der Waals surface area contributed by atoms with Crippen LogP contribution in [0.4, 0.5) is 18.9 Å². The fraction of sp³-hybridized carbons (Fsp3) is 0.400. The van der Waals surface area contributed by atoms with Crippen molar-refractivity contribution in [1.29, 1.82) is 0 Å². The molecule has 0 saturated heterocycles. The second kappa shape index (κ2) is 4.27. The monoisotopic (exact) mass is 279 g/mol. The molecule has 4 nitrogen and oxygen atoms in total. The van der Waals surface area contributed by atoms with Crippen molar-refractivity contribution in [2.24, 2.45) is 0 Å². The van der Waals surface area contributed by atoms with Gasteiger partial charge in [0.05, 0.1) is 19.1 Å². The molecule has 0 fully saturated rings. The topological polar surface area (TPSA) is 63.4 Å². The number of hydrogen-bond donors (Lipinski definition) is 1. The zero-order chi connectivity index (χ0) is 14.3. The average Bonchev–Trinajstić information content (AvgIpc) is 2.12. The van der Waals surface area contributed by atoms with Crippen molar-refractivity contribution in [3.63, 3.8) is 0 Å². The summed E-state index contributed by atoms with van der Waals surface area (Å²) in [4.78, 5) is 9.45. The number of halogens is 3. The first-order valence-corrected chi connectivity index (χ1v) is 8.53. The molecule has 0 amide bonds. The number of benzene rings is 1. The first kappa shape index (κ1) is 14.5. The molecule has 0 spiro atoms. The molecule has 0 heterocycles. The number of alkyl halides is 3. The average molecular weight is 279 g/mol. The number of phenolic OH excluding ortho intramolecular Hbond substituents is 1. The maximum Gasteiger partial charge on any atom is 0.422 e. The van der Waals surface area contributed by atoms with Gasteiger partial charge in [-0.2, -0.15) is 13.2 Å². The lowest BCUT2D eigenvalue weighted by molar-refractivity contribution is -0.388. The first-order chi connectivity index (χ1) is 7.94. The van der Waals surface area contributed by atoms with Gasteiger partial charge in [-0.1, -0.05) is 19.6 Å². The molecule has 0 aromatic heterocycles. The molecule has 1 aromatic rings. The van der Waals surface area contributed by atoms with Gasteiger partial charge in [0.2, 0.25) is 0 Å². The molecular formula is C10H12F3NO3Si. The number of hydrogen-bond acceptors (Lipinski definition) is 3. The van der Waals surface area contributed by atoms with Crippen molar-refractivity contribution in [3.8, 4) is 5.75 Å². The van der Waals surface area contributed by atoms with Crippen LogP contribution in [0.1, 0.15) is 5.56 Å². The highest BCUT2D eigenvalue weighted by molar-refractivity contribution is 6.89. The summed E-state index contributed by atoms with van der Waals surface area (Å²) in [5.74, 6) is -0.450. The summed E-state index contributed by atoms with van der Waals surface area (Å²) in [6, 6.07) is 1.27. The maximum atomic E-state index is 12.7. The smallest absolute Gasteiger partial charge is 0.422 e. The molecule has 100 valence electrons. The lowest BCUT2D eigenvalue weighted by Crippen LogP contribution is -2.38. The molecule has 0 bridgehead atoms. The Morgan fingerprint density at radius 1 is 1.28 bits per heavy atom. The molecule has 1 N–H and O–H groups in total. The second-order valence-electron chi connectivity index (χ2n) is 4.89. The Bertz CT molecular complexity index is 494. The van der Waals surface area contributed by atoms with Crippen LogP contribution in [0.25, 0.3) is 0 Å². The number of nitrogens with zero attached hydrogens (tertiary/aromatic N) is 1. The number of aromatic hydroxyl groups is 1. The van der Waals surface area contributed by atoms with Gasteiger partial charge in [0.25, 0.3) is 5.69 Å². The van der Waals surface area contributed by atoms with E-state index in [9.17, 15) is 28.4 Å². The third-order valence-electron chi connectivity index (χ3n) is 2.42. The van der Waals surface area contributed by atoms with Crippen molar-refractivity contribution in [1.82, 2.24) is 0 Å². The molecule has 0 saturated carbocycles. The maximum absolute atomic E-state index is 12.7. The van der Waals surface area contributed by atoms with Crippen LogP contribution in [0.15, 0.2) is 12.1 Å². The third-order valence-corrected chi connectivity index (χ3v) is 4.44. The Hall–Kier alpha value is -1.57.